The topological polar surface area (TPSA) is 54.9 Å². The first-order valence-electron chi connectivity index (χ1n) is 7.65. The van der Waals surface area contributed by atoms with Gasteiger partial charge in [0.15, 0.2) is 16.6 Å². The van der Waals surface area contributed by atoms with Crippen molar-refractivity contribution in [3.05, 3.63) is 22.2 Å². The number of hydrazone groups is 1. The number of methoxy groups -OCH3 is 2. The zero-order valence-electron chi connectivity index (χ0n) is 13.4. The van der Waals surface area contributed by atoms with Gasteiger partial charge in [0.05, 0.1) is 20.4 Å². The summed E-state index contributed by atoms with van der Waals surface area (Å²) in [5, 5.41) is 8.06. The lowest BCUT2D eigenvalue weighted by atomic mass is 9.96. The molecule has 5 nitrogen and oxygen atoms in total. The van der Waals surface area contributed by atoms with E-state index in [-0.39, 0.29) is 0 Å². The number of rotatable bonds is 5. The highest BCUT2D eigenvalue weighted by Crippen LogP contribution is 2.32. The highest BCUT2D eigenvalue weighted by Gasteiger charge is 2.13. The lowest BCUT2D eigenvalue weighted by Crippen LogP contribution is -2.40. The summed E-state index contributed by atoms with van der Waals surface area (Å²) in [6.07, 6.45) is 7.90. The molecule has 0 atom stereocenters. The summed E-state index contributed by atoms with van der Waals surface area (Å²) in [6.45, 7) is 0. The van der Waals surface area contributed by atoms with Crippen LogP contribution in [-0.4, -0.2) is 31.6 Å². The maximum Gasteiger partial charge on any atom is 0.187 e. The van der Waals surface area contributed by atoms with Crippen molar-refractivity contribution in [3.63, 3.8) is 0 Å². The van der Waals surface area contributed by atoms with Gasteiger partial charge in [0.1, 0.15) is 0 Å². The Morgan fingerprint density at radius 3 is 2.52 bits per heavy atom. The van der Waals surface area contributed by atoms with Crippen molar-refractivity contribution in [2.75, 3.05) is 14.2 Å². The van der Waals surface area contributed by atoms with Crippen LogP contribution in [0.3, 0.4) is 0 Å². The van der Waals surface area contributed by atoms with Crippen molar-refractivity contribution in [2.24, 2.45) is 5.10 Å². The van der Waals surface area contributed by atoms with Crippen LogP contribution in [0.1, 0.15) is 37.7 Å². The lowest BCUT2D eigenvalue weighted by Gasteiger charge is -2.23. The van der Waals surface area contributed by atoms with Crippen LogP contribution in [0.5, 0.6) is 11.5 Å². The second-order valence-electron chi connectivity index (χ2n) is 5.41. The van der Waals surface area contributed by atoms with Crippen molar-refractivity contribution < 1.29 is 9.47 Å². The van der Waals surface area contributed by atoms with Gasteiger partial charge in [-0.1, -0.05) is 19.3 Å². The maximum absolute atomic E-state index is 5.29. The Kier molecular flexibility index (Phi) is 7.11. The van der Waals surface area contributed by atoms with Gasteiger partial charge in [0, 0.05) is 16.1 Å². The number of hydrogen-bond acceptors (Lipinski definition) is 4. The molecule has 1 aromatic rings. The third kappa shape index (κ3) is 5.35. The molecule has 1 aliphatic carbocycles. The summed E-state index contributed by atoms with van der Waals surface area (Å²) in [4.78, 5) is 0. The Labute approximate surface area is 150 Å². The molecular weight excluding hydrogens is 378 g/mol. The molecule has 2 N–H and O–H groups in total. The Morgan fingerprint density at radius 1 is 1.22 bits per heavy atom. The van der Waals surface area contributed by atoms with E-state index in [1.54, 1.807) is 20.4 Å². The molecule has 0 unspecified atom stereocenters. The standard InChI is InChI=1S/C16H22BrN3O2S/c1-21-14-8-11(13(17)9-15(14)22-2)10-18-20-16(23)19-12-6-4-3-5-7-12/h8-10,12H,3-7H2,1-2H3,(H2,19,20,23)/b18-10-. The quantitative estimate of drug-likeness (QED) is 0.450. The first-order chi connectivity index (χ1) is 11.1. The van der Waals surface area contributed by atoms with Crippen molar-refractivity contribution in [2.45, 2.75) is 38.1 Å². The van der Waals surface area contributed by atoms with E-state index < -0.39 is 0 Å². The molecule has 0 aliphatic heterocycles. The average molecular weight is 400 g/mol. The average Bonchev–Trinajstić information content (AvgIpc) is 2.56. The van der Waals surface area contributed by atoms with E-state index in [0.717, 1.165) is 10.0 Å². The van der Waals surface area contributed by atoms with Crippen molar-refractivity contribution >= 4 is 39.5 Å². The van der Waals surface area contributed by atoms with Gasteiger partial charge in [-0.3, -0.25) is 5.43 Å². The van der Waals surface area contributed by atoms with Crippen LogP contribution in [0.25, 0.3) is 0 Å². The third-order valence-corrected chi connectivity index (χ3v) is 4.71. The number of ether oxygens (including phenoxy) is 2. The van der Waals surface area contributed by atoms with Gasteiger partial charge in [-0.2, -0.15) is 5.10 Å². The number of nitrogens with one attached hydrogen (secondary N) is 2. The molecule has 0 aromatic heterocycles. The molecule has 0 saturated heterocycles. The first kappa shape index (κ1) is 18.0. The Morgan fingerprint density at radius 2 is 1.87 bits per heavy atom. The predicted octanol–water partition coefficient (Wildman–Crippen LogP) is 3.60. The van der Waals surface area contributed by atoms with E-state index in [1.165, 1.54) is 32.1 Å². The summed E-state index contributed by atoms with van der Waals surface area (Å²) in [5.74, 6) is 1.32. The van der Waals surface area contributed by atoms with Crippen molar-refractivity contribution in [1.29, 1.82) is 0 Å². The van der Waals surface area contributed by atoms with Crippen LogP contribution >= 0.6 is 28.1 Å². The van der Waals surface area contributed by atoms with Crippen LogP contribution in [0.2, 0.25) is 0 Å². The van der Waals surface area contributed by atoms with Crippen LogP contribution in [0, 0.1) is 0 Å². The molecule has 1 aliphatic rings. The zero-order chi connectivity index (χ0) is 16.7. The Hall–Kier alpha value is -1.34. The van der Waals surface area contributed by atoms with E-state index >= 15 is 0 Å². The van der Waals surface area contributed by atoms with Gasteiger partial charge < -0.3 is 14.8 Å². The molecule has 0 radical (unpaired) electrons. The zero-order valence-corrected chi connectivity index (χ0v) is 15.8. The smallest absolute Gasteiger partial charge is 0.187 e. The van der Waals surface area contributed by atoms with Crippen LogP contribution in [-0.2, 0) is 0 Å². The minimum Gasteiger partial charge on any atom is -0.493 e. The highest BCUT2D eigenvalue weighted by molar-refractivity contribution is 9.10. The van der Waals surface area contributed by atoms with Gasteiger partial charge >= 0.3 is 0 Å². The SMILES string of the molecule is COc1cc(Br)c(/C=N\NC(=S)NC2CCCCC2)cc1OC. The fraction of sp³-hybridized carbons (Fsp3) is 0.500. The van der Waals surface area contributed by atoms with Gasteiger partial charge in [-0.05, 0) is 53.1 Å². The summed E-state index contributed by atoms with van der Waals surface area (Å²) in [5.41, 5.74) is 3.74. The molecule has 7 heteroatoms. The normalized spacial score (nSPS) is 15.4. The number of benzene rings is 1. The number of hydrogen-bond donors (Lipinski definition) is 2. The second kappa shape index (κ2) is 9.08. The summed E-state index contributed by atoms with van der Waals surface area (Å²) in [7, 11) is 3.21. The third-order valence-electron chi connectivity index (χ3n) is 3.81. The van der Waals surface area contributed by atoms with E-state index in [4.69, 9.17) is 21.7 Å². The van der Waals surface area contributed by atoms with Gasteiger partial charge in [-0.15, -0.1) is 0 Å². The summed E-state index contributed by atoms with van der Waals surface area (Å²) < 4.78 is 11.4. The Balaban J connectivity index is 1.93. The molecule has 0 heterocycles. The number of thiocarbonyl (C=S) groups is 1. The molecule has 1 fully saturated rings. The summed E-state index contributed by atoms with van der Waals surface area (Å²) in [6, 6.07) is 4.16. The number of halogens is 1. The molecule has 1 aromatic carbocycles. The second-order valence-corrected chi connectivity index (χ2v) is 6.67. The molecule has 126 valence electrons. The molecule has 0 amide bonds. The van der Waals surface area contributed by atoms with Gasteiger partial charge in [-0.25, -0.2) is 0 Å². The maximum atomic E-state index is 5.29. The van der Waals surface area contributed by atoms with Gasteiger partial charge in [0.25, 0.3) is 0 Å². The van der Waals surface area contributed by atoms with Crippen LogP contribution in [0.4, 0.5) is 0 Å². The lowest BCUT2D eigenvalue weighted by molar-refractivity contribution is 0.354. The number of nitrogens with zero attached hydrogens (tertiary/aromatic N) is 1. The molecule has 2 rings (SSSR count). The summed E-state index contributed by atoms with van der Waals surface area (Å²) >= 11 is 8.77. The minimum absolute atomic E-state index is 0.465. The fourth-order valence-electron chi connectivity index (χ4n) is 2.59. The van der Waals surface area contributed by atoms with Crippen molar-refractivity contribution in [1.82, 2.24) is 10.7 Å². The van der Waals surface area contributed by atoms with Crippen LogP contribution in [0.15, 0.2) is 21.7 Å². The van der Waals surface area contributed by atoms with Gasteiger partial charge in [0.2, 0.25) is 0 Å². The molecule has 0 spiro atoms. The van der Waals surface area contributed by atoms with E-state index in [1.807, 2.05) is 12.1 Å². The molecule has 23 heavy (non-hydrogen) atoms. The largest absolute Gasteiger partial charge is 0.493 e. The monoisotopic (exact) mass is 399 g/mol. The molecular formula is C16H22BrN3O2S. The van der Waals surface area contributed by atoms with Crippen LogP contribution < -0.4 is 20.2 Å². The van der Waals surface area contributed by atoms with Crippen molar-refractivity contribution in [3.8, 4) is 11.5 Å². The highest BCUT2D eigenvalue weighted by atomic mass is 79.9. The molecule has 0 bridgehead atoms. The molecule has 1 saturated carbocycles. The Bertz CT molecular complexity index is 575. The van der Waals surface area contributed by atoms with E-state index in [9.17, 15) is 0 Å². The minimum atomic E-state index is 0.465. The van der Waals surface area contributed by atoms with E-state index in [2.05, 4.69) is 31.8 Å². The first-order valence-corrected chi connectivity index (χ1v) is 8.85. The van der Waals surface area contributed by atoms with E-state index in [0.29, 0.717) is 22.7 Å². The predicted molar refractivity (Wildman–Crippen MR) is 101 cm³/mol. The fourth-order valence-corrected chi connectivity index (χ4v) is 3.24.